The number of nitrogens with two attached hydrogens (primary N) is 1. The smallest absolute Gasteiger partial charge is 0.287 e. The van der Waals surface area contributed by atoms with Crippen molar-refractivity contribution in [3.8, 4) is 11.3 Å². The minimum Gasteiger partial charge on any atom is -0.451 e. The third-order valence-electron chi connectivity index (χ3n) is 3.69. The maximum atomic E-state index is 13.8. The van der Waals surface area contributed by atoms with E-state index in [4.69, 9.17) is 10.2 Å². The Morgan fingerprint density at radius 3 is 2.54 bits per heavy atom. The van der Waals surface area contributed by atoms with Gasteiger partial charge in [-0.3, -0.25) is 4.79 Å². The van der Waals surface area contributed by atoms with Gasteiger partial charge in [-0.15, -0.1) is 12.4 Å². The third kappa shape index (κ3) is 4.82. The van der Waals surface area contributed by atoms with Crippen molar-refractivity contribution in [3.63, 3.8) is 0 Å². The lowest BCUT2D eigenvalue weighted by Gasteiger charge is -2.30. The van der Waals surface area contributed by atoms with E-state index in [0.717, 1.165) is 6.42 Å². The molecule has 1 aromatic carbocycles. The molecule has 6 heteroatoms. The molecule has 0 bridgehead atoms. The highest BCUT2D eigenvalue weighted by atomic mass is 35.5. The third-order valence-corrected chi connectivity index (χ3v) is 3.69. The van der Waals surface area contributed by atoms with Crippen LogP contribution >= 0.6 is 12.4 Å². The van der Waals surface area contributed by atoms with E-state index >= 15 is 0 Å². The first-order chi connectivity index (χ1) is 10.8. The molecule has 0 saturated heterocycles. The van der Waals surface area contributed by atoms with Crippen LogP contribution in [0.5, 0.6) is 0 Å². The van der Waals surface area contributed by atoms with Gasteiger partial charge in [0.2, 0.25) is 0 Å². The van der Waals surface area contributed by atoms with Crippen LogP contribution in [-0.4, -0.2) is 18.0 Å². The van der Waals surface area contributed by atoms with Crippen LogP contribution in [0.15, 0.2) is 40.8 Å². The van der Waals surface area contributed by atoms with Crippen LogP contribution < -0.4 is 11.1 Å². The van der Waals surface area contributed by atoms with E-state index in [-0.39, 0.29) is 29.9 Å². The maximum Gasteiger partial charge on any atom is 0.287 e. The van der Waals surface area contributed by atoms with E-state index in [1.807, 2.05) is 6.92 Å². The number of hydrogen-bond donors (Lipinski definition) is 2. The van der Waals surface area contributed by atoms with Gasteiger partial charge >= 0.3 is 0 Å². The standard InChI is InChI=1S/C18H23FN2O2.ClH/c1-12(2)10-18(3,11-20)21-17(22)16-9-8-15(23-16)13-6-4-5-7-14(13)19;/h4-9,12H,10-11,20H2,1-3H3,(H,21,22);1H. The predicted molar refractivity (Wildman–Crippen MR) is 95.7 cm³/mol. The second kappa shape index (κ2) is 8.31. The first-order valence-electron chi connectivity index (χ1n) is 7.72. The number of carbonyl (C=O) groups is 1. The van der Waals surface area contributed by atoms with Crippen molar-refractivity contribution >= 4 is 18.3 Å². The second-order valence-corrected chi connectivity index (χ2v) is 6.46. The normalized spacial score (nSPS) is 13.2. The van der Waals surface area contributed by atoms with Crippen LogP contribution in [0.4, 0.5) is 4.39 Å². The zero-order chi connectivity index (χ0) is 17.0. The molecule has 0 radical (unpaired) electrons. The fourth-order valence-corrected chi connectivity index (χ4v) is 2.69. The van der Waals surface area contributed by atoms with Gasteiger partial charge in [-0.25, -0.2) is 4.39 Å². The van der Waals surface area contributed by atoms with Gasteiger partial charge in [0.1, 0.15) is 11.6 Å². The Labute approximate surface area is 148 Å². The highest BCUT2D eigenvalue weighted by Crippen LogP contribution is 2.25. The van der Waals surface area contributed by atoms with Gasteiger partial charge in [0, 0.05) is 6.54 Å². The van der Waals surface area contributed by atoms with Gasteiger partial charge in [0.05, 0.1) is 11.1 Å². The highest BCUT2D eigenvalue weighted by molar-refractivity contribution is 5.92. The lowest BCUT2D eigenvalue weighted by atomic mass is 9.90. The Balaban J connectivity index is 0.00000288. The van der Waals surface area contributed by atoms with Crippen molar-refractivity contribution in [1.29, 1.82) is 0 Å². The monoisotopic (exact) mass is 354 g/mol. The molecule has 24 heavy (non-hydrogen) atoms. The van der Waals surface area contributed by atoms with Crippen LogP contribution in [0.1, 0.15) is 37.7 Å². The molecule has 1 unspecified atom stereocenters. The van der Waals surface area contributed by atoms with Crippen LogP contribution in [0.3, 0.4) is 0 Å². The van der Waals surface area contributed by atoms with Gasteiger partial charge in [-0.2, -0.15) is 0 Å². The molecule has 1 heterocycles. The average Bonchev–Trinajstić information content (AvgIpc) is 2.96. The molecule has 0 aliphatic heterocycles. The van der Waals surface area contributed by atoms with Crippen molar-refractivity contribution < 1.29 is 13.6 Å². The summed E-state index contributed by atoms with van der Waals surface area (Å²) in [6.45, 7) is 6.38. The second-order valence-electron chi connectivity index (χ2n) is 6.46. The number of furan rings is 1. The molecule has 2 aromatic rings. The lowest BCUT2D eigenvalue weighted by Crippen LogP contribution is -2.52. The zero-order valence-electron chi connectivity index (χ0n) is 14.1. The number of benzene rings is 1. The van der Waals surface area contributed by atoms with E-state index in [2.05, 4.69) is 19.2 Å². The molecule has 0 aliphatic carbocycles. The first kappa shape index (κ1) is 20.2. The summed E-state index contributed by atoms with van der Waals surface area (Å²) in [4.78, 5) is 12.4. The van der Waals surface area contributed by atoms with Gasteiger partial charge < -0.3 is 15.5 Å². The van der Waals surface area contributed by atoms with E-state index in [1.54, 1.807) is 30.3 Å². The molecule has 0 saturated carbocycles. The molecular weight excluding hydrogens is 331 g/mol. The molecule has 4 nitrogen and oxygen atoms in total. The van der Waals surface area contributed by atoms with Gasteiger partial charge in [-0.05, 0) is 43.5 Å². The summed E-state index contributed by atoms with van der Waals surface area (Å²) >= 11 is 0. The predicted octanol–water partition coefficient (Wildman–Crippen LogP) is 4.00. The van der Waals surface area contributed by atoms with Gasteiger partial charge in [0.25, 0.3) is 5.91 Å². The lowest BCUT2D eigenvalue weighted by molar-refractivity contribution is 0.0870. The van der Waals surface area contributed by atoms with Crippen molar-refractivity contribution in [1.82, 2.24) is 5.32 Å². The van der Waals surface area contributed by atoms with Crippen LogP contribution in [0.2, 0.25) is 0 Å². The van der Waals surface area contributed by atoms with E-state index in [0.29, 0.717) is 23.8 Å². The number of hydrogen-bond acceptors (Lipinski definition) is 3. The molecule has 3 N–H and O–H groups in total. The minimum absolute atomic E-state index is 0. The molecular formula is C18H24ClFN2O2. The fourth-order valence-electron chi connectivity index (χ4n) is 2.69. The number of rotatable bonds is 6. The Bertz CT molecular complexity index is 687. The number of carbonyl (C=O) groups excluding carboxylic acids is 1. The summed E-state index contributed by atoms with van der Waals surface area (Å²) in [5, 5.41) is 2.92. The molecule has 1 amide bonds. The van der Waals surface area contributed by atoms with Crippen molar-refractivity contribution in [3.05, 3.63) is 48.0 Å². The fraction of sp³-hybridized carbons (Fsp3) is 0.389. The summed E-state index contributed by atoms with van der Waals surface area (Å²) in [7, 11) is 0. The van der Waals surface area contributed by atoms with Gasteiger partial charge in [-0.1, -0.05) is 26.0 Å². The van der Waals surface area contributed by atoms with E-state index < -0.39 is 5.54 Å². The summed E-state index contributed by atoms with van der Waals surface area (Å²) in [6, 6.07) is 9.42. The molecule has 2 rings (SSSR count). The summed E-state index contributed by atoms with van der Waals surface area (Å²) in [6.07, 6.45) is 0.760. The largest absolute Gasteiger partial charge is 0.451 e. The van der Waals surface area contributed by atoms with Crippen LogP contribution in [-0.2, 0) is 0 Å². The average molecular weight is 355 g/mol. The quantitative estimate of drug-likeness (QED) is 0.823. The Kier molecular flexibility index (Phi) is 6.99. The van der Waals surface area contributed by atoms with E-state index in [1.165, 1.54) is 6.07 Å². The van der Waals surface area contributed by atoms with Crippen molar-refractivity contribution in [2.24, 2.45) is 11.7 Å². The highest BCUT2D eigenvalue weighted by Gasteiger charge is 2.27. The van der Waals surface area contributed by atoms with Gasteiger partial charge in [0.15, 0.2) is 5.76 Å². The molecule has 132 valence electrons. The van der Waals surface area contributed by atoms with Crippen molar-refractivity contribution in [2.75, 3.05) is 6.54 Å². The number of nitrogens with one attached hydrogen (secondary N) is 1. The number of amides is 1. The first-order valence-corrected chi connectivity index (χ1v) is 7.72. The van der Waals surface area contributed by atoms with E-state index in [9.17, 15) is 9.18 Å². The topological polar surface area (TPSA) is 68.3 Å². The maximum absolute atomic E-state index is 13.8. The minimum atomic E-state index is -0.504. The van der Waals surface area contributed by atoms with Crippen LogP contribution in [0.25, 0.3) is 11.3 Å². The summed E-state index contributed by atoms with van der Waals surface area (Å²) in [5.41, 5.74) is 5.63. The summed E-state index contributed by atoms with van der Waals surface area (Å²) in [5.74, 6) is 0.134. The molecule has 0 fully saturated rings. The molecule has 0 aliphatic rings. The Hall–Kier alpha value is -1.85. The molecule has 1 aromatic heterocycles. The Morgan fingerprint density at radius 1 is 1.29 bits per heavy atom. The van der Waals surface area contributed by atoms with Crippen molar-refractivity contribution in [2.45, 2.75) is 32.7 Å². The SMILES string of the molecule is CC(C)CC(C)(CN)NC(=O)c1ccc(-c2ccccc2F)o1.Cl. The number of halogens is 2. The summed E-state index contributed by atoms with van der Waals surface area (Å²) < 4.78 is 19.3. The molecule has 0 spiro atoms. The van der Waals surface area contributed by atoms with Crippen LogP contribution in [0, 0.1) is 11.7 Å². The Morgan fingerprint density at radius 2 is 1.96 bits per heavy atom. The molecule has 1 atom stereocenters. The zero-order valence-corrected chi connectivity index (χ0v) is 15.0.